The Bertz CT molecular complexity index is 648. The van der Waals surface area contributed by atoms with Gasteiger partial charge in [-0.1, -0.05) is 60.7 Å². The van der Waals surface area contributed by atoms with Crippen molar-refractivity contribution in [3.8, 4) is 0 Å². The van der Waals surface area contributed by atoms with E-state index in [1.165, 1.54) is 0 Å². The molecule has 2 aromatic rings. The highest BCUT2D eigenvalue weighted by Crippen LogP contribution is 2.33. The molecule has 0 unspecified atom stereocenters. The third-order valence-corrected chi connectivity index (χ3v) is 4.37. The van der Waals surface area contributed by atoms with Gasteiger partial charge in [-0.2, -0.15) is 0 Å². The van der Waals surface area contributed by atoms with E-state index in [1.54, 1.807) is 6.92 Å². The quantitative estimate of drug-likeness (QED) is 0.806. The minimum atomic E-state index is -1.29. The summed E-state index contributed by atoms with van der Waals surface area (Å²) in [7, 11) is 0. The van der Waals surface area contributed by atoms with Crippen molar-refractivity contribution in [3.63, 3.8) is 0 Å². The molecule has 2 aromatic carbocycles. The van der Waals surface area contributed by atoms with Crippen LogP contribution in [0.15, 0.2) is 60.7 Å². The lowest BCUT2D eigenvalue weighted by Gasteiger charge is -2.30. The van der Waals surface area contributed by atoms with Gasteiger partial charge in [-0.05, 0) is 18.1 Å². The Morgan fingerprint density at radius 3 is 2.08 bits per heavy atom. The predicted molar refractivity (Wildman–Crippen MR) is 92.6 cm³/mol. The van der Waals surface area contributed by atoms with E-state index in [2.05, 4.69) is 0 Å². The van der Waals surface area contributed by atoms with Crippen molar-refractivity contribution in [3.05, 3.63) is 71.8 Å². The van der Waals surface area contributed by atoms with Crippen molar-refractivity contribution < 1.29 is 24.4 Å². The van der Waals surface area contributed by atoms with Crippen molar-refractivity contribution >= 4 is 0 Å². The maximum Gasteiger partial charge on any atom is 0.184 e. The van der Waals surface area contributed by atoms with Gasteiger partial charge in [0.2, 0.25) is 0 Å². The third kappa shape index (κ3) is 4.45. The van der Waals surface area contributed by atoms with Crippen LogP contribution < -0.4 is 0 Å². The molecule has 0 radical (unpaired) electrons. The Balaban J connectivity index is 1.60. The summed E-state index contributed by atoms with van der Waals surface area (Å²) in [4.78, 5) is 0. The van der Waals surface area contributed by atoms with Crippen molar-refractivity contribution in [2.75, 3.05) is 6.61 Å². The molecular weight excluding hydrogens is 320 g/mol. The summed E-state index contributed by atoms with van der Waals surface area (Å²) in [6.45, 7) is 2.74. The van der Waals surface area contributed by atoms with Gasteiger partial charge in [-0.25, -0.2) is 0 Å². The number of rotatable bonds is 7. The number of hydrogen-bond donors (Lipinski definition) is 2. The molecule has 0 saturated carbocycles. The highest BCUT2D eigenvalue weighted by atomic mass is 16.7. The molecule has 1 heterocycles. The first-order valence-corrected chi connectivity index (χ1v) is 8.40. The molecule has 5 nitrogen and oxygen atoms in total. The van der Waals surface area contributed by atoms with E-state index in [0.717, 1.165) is 11.1 Å². The van der Waals surface area contributed by atoms with Crippen molar-refractivity contribution in [1.29, 1.82) is 0 Å². The van der Waals surface area contributed by atoms with Gasteiger partial charge in [-0.15, -0.1) is 0 Å². The molecule has 0 aromatic heterocycles. The van der Waals surface area contributed by atoms with Gasteiger partial charge in [0.05, 0.1) is 19.8 Å². The average molecular weight is 344 g/mol. The molecule has 0 aliphatic carbocycles. The molecule has 1 aliphatic rings. The van der Waals surface area contributed by atoms with E-state index in [9.17, 15) is 10.2 Å². The first kappa shape index (κ1) is 18.0. The number of aliphatic hydroxyl groups excluding tert-OH is 2. The second-order valence-electron chi connectivity index (χ2n) is 6.51. The lowest BCUT2D eigenvalue weighted by atomic mass is 9.98. The van der Waals surface area contributed by atoms with Crippen LogP contribution in [0.25, 0.3) is 0 Å². The van der Waals surface area contributed by atoms with Crippen LogP contribution >= 0.6 is 0 Å². The number of aliphatic hydroxyl groups is 2. The SMILES string of the molecule is C[C@]1(COCc2ccccc2)O[C@H](O)[C@H](O)[C@@H]1OCc1ccccc1. The van der Waals surface area contributed by atoms with E-state index in [-0.39, 0.29) is 6.61 Å². The minimum Gasteiger partial charge on any atom is -0.385 e. The molecule has 4 atom stereocenters. The molecule has 1 saturated heterocycles. The molecule has 1 fully saturated rings. The maximum absolute atomic E-state index is 10.2. The standard InChI is InChI=1S/C20H24O5/c1-20(14-23-12-15-8-4-2-5-9-15)18(17(21)19(22)25-20)24-13-16-10-6-3-7-11-16/h2-11,17-19,21-22H,12-14H2,1H3/t17-,18+,19+,20-/m1/s1. The van der Waals surface area contributed by atoms with Crippen LogP contribution in [0.3, 0.4) is 0 Å². The Kier molecular flexibility index (Phi) is 5.83. The lowest BCUT2D eigenvalue weighted by molar-refractivity contribution is -0.178. The third-order valence-electron chi connectivity index (χ3n) is 4.37. The second-order valence-corrected chi connectivity index (χ2v) is 6.51. The summed E-state index contributed by atoms with van der Waals surface area (Å²) < 4.78 is 17.2. The Labute approximate surface area is 147 Å². The highest BCUT2D eigenvalue weighted by molar-refractivity contribution is 5.14. The van der Waals surface area contributed by atoms with Crippen LogP contribution in [0.2, 0.25) is 0 Å². The van der Waals surface area contributed by atoms with E-state index in [0.29, 0.717) is 13.2 Å². The van der Waals surface area contributed by atoms with E-state index in [4.69, 9.17) is 14.2 Å². The van der Waals surface area contributed by atoms with E-state index < -0.39 is 24.1 Å². The molecule has 0 spiro atoms. The molecule has 134 valence electrons. The molecule has 3 rings (SSSR count). The topological polar surface area (TPSA) is 68.2 Å². The van der Waals surface area contributed by atoms with E-state index >= 15 is 0 Å². The lowest BCUT2D eigenvalue weighted by Crippen LogP contribution is -2.46. The van der Waals surface area contributed by atoms with Gasteiger partial charge in [0.25, 0.3) is 0 Å². The maximum atomic E-state index is 10.2. The van der Waals surface area contributed by atoms with Gasteiger partial charge in [-0.3, -0.25) is 0 Å². The number of benzene rings is 2. The predicted octanol–water partition coefficient (Wildman–Crippen LogP) is 2.26. The molecule has 0 bridgehead atoms. The summed E-state index contributed by atoms with van der Waals surface area (Å²) in [5.41, 5.74) is 1.11. The zero-order valence-corrected chi connectivity index (χ0v) is 14.2. The normalized spacial score (nSPS) is 29.0. The summed E-state index contributed by atoms with van der Waals surface area (Å²) in [5, 5.41) is 20.1. The highest BCUT2D eigenvalue weighted by Gasteiger charge is 2.52. The van der Waals surface area contributed by atoms with Crippen molar-refractivity contribution in [2.45, 2.75) is 44.2 Å². The van der Waals surface area contributed by atoms with Crippen molar-refractivity contribution in [1.82, 2.24) is 0 Å². The van der Waals surface area contributed by atoms with Gasteiger partial charge in [0.1, 0.15) is 17.8 Å². The van der Waals surface area contributed by atoms with Gasteiger partial charge in [0.15, 0.2) is 6.29 Å². The minimum absolute atomic E-state index is 0.204. The van der Waals surface area contributed by atoms with Crippen LogP contribution in [0.5, 0.6) is 0 Å². The van der Waals surface area contributed by atoms with Crippen LogP contribution in [-0.4, -0.2) is 40.9 Å². The molecule has 2 N–H and O–H groups in total. The molecule has 25 heavy (non-hydrogen) atoms. The van der Waals surface area contributed by atoms with Gasteiger partial charge in [0, 0.05) is 0 Å². The fourth-order valence-corrected chi connectivity index (χ4v) is 3.02. The zero-order chi connectivity index (χ0) is 17.7. The first-order chi connectivity index (χ1) is 12.1. The fraction of sp³-hybridized carbons (Fsp3) is 0.400. The summed E-state index contributed by atoms with van der Waals surface area (Å²) in [5.74, 6) is 0. The molecule has 5 heteroatoms. The molecule has 1 aliphatic heterocycles. The number of ether oxygens (including phenoxy) is 3. The largest absolute Gasteiger partial charge is 0.385 e. The van der Waals surface area contributed by atoms with Crippen LogP contribution in [-0.2, 0) is 27.4 Å². The second kappa shape index (κ2) is 8.08. The summed E-state index contributed by atoms with van der Waals surface area (Å²) in [6.07, 6.45) is -3.08. The monoisotopic (exact) mass is 344 g/mol. The Morgan fingerprint density at radius 1 is 0.920 bits per heavy atom. The summed E-state index contributed by atoms with van der Waals surface area (Å²) >= 11 is 0. The molecular formula is C20H24O5. The van der Waals surface area contributed by atoms with Gasteiger partial charge < -0.3 is 24.4 Å². The van der Waals surface area contributed by atoms with Crippen LogP contribution in [0, 0.1) is 0 Å². The van der Waals surface area contributed by atoms with Crippen LogP contribution in [0.1, 0.15) is 18.1 Å². The van der Waals surface area contributed by atoms with Crippen LogP contribution in [0.4, 0.5) is 0 Å². The first-order valence-electron chi connectivity index (χ1n) is 8.40. The average Bonchev–Trinajstić information content (AvgIpc) is 2.84. The van der Waals surface area contributed by atoms with Gasteiger partial charge >= 0.3 is 0 Å². The smallest absolute Gasteiger partial charge is 0.184 e. The van der Waals surface area contributed by atoms with E-state index in [1.807, 2.05) is 60.7 Å². The zero-order valence-electron chi connectivity index (χ0n) is 14.2. The number of hydrogen-bond acceptors (Lipinski definition) is 5. The summed E-state index contributed by atoms with van der Waals surface area (Å²) in [6, 6.07) is 19.5. The Morgan fingerprint density at radius 2 is 1.48 bits per heavy atom. The Hall–Kier alpha value is -1.76. The molecule has 0 amide bonds. The van der Waals surface area contributed by atoms with Crippen molar-refractivity contribution in [2.24, 2.45) is 0 Å². The fourth-order valence-electron chi connectivity index (χ4n) is 3.02.